The molecule has 0 atom stereocenters. The van der Waals surface area contributed by atoms with Crippen LogP contribution in [-0.2, 0) is 23.0 Å². The quantitative estimate of drug-likeness (QED) is 0.749. The molecule has 1 aliphatic heterocycles. The molecule has 0 unspecified atom stereocenters. The van der Waals surface area contributed by atoms with E-state index in [1.54, 1.807) is 12.1 Å². The maximum atomic E-state index is 12.8. The van der Waals surface area contributed by atoms with Gasteiger partial charge in [0.1, 0.15) is 0 Å². The van der Waals surface area contributed by atoms with Crippen molar-refractivity contribution in [2.45, 2.75) is 32.1 Å². The Bertz CT molecular complexity index is 921. The summed E-state index contributed by atoms with van der Waals surface area (Å²) in [6, 6.07) is 8.96. The normalized spacial score (nSPS) is 15.1. The van der Waals surface area contributed by atoms with E-state index < -0.39 is 29.3 Å². The van der Waals surface area contributed by atoms with Gasteiger partial charge in [0, 0.05) is 12.2 Å². The van der Waals surface area contributed by atoms with Crippen molar-refractivity contribution in [3.63, 3.8) is 0 Å². The van der Waals surface area contributed by atoms with Crippen molar-refractivity contribution < 1.29 is 27.5 Å². The number of nitrogens with one attached hydrogen (secondary N) is 1. The second-order valence-corrected chi connectivity index (χ2v) is 6.97. The smallest absolute Gasteiger partial charge is 0.416 e. The minimum atomic E-state index is -4.44. The number of methoxy groups -OCH3 is 1. The number of alkyl halides is 3. The van der Waals surface area contributed by atoms with Gasteiger partial charge in [-0.15, -0.1) is 0 Å². The number of ether oxygens (including phenoxy) is 1. The molecule has 0 radical (unpaired) electrons. The van der Waals surface area contributed by atoms with Gasteiger partial charge in [0.25, 0.3) is 0 Å². The molecule has 0 spiro atoms. The third-order valence-electron chi connectivity index (χ3n) is 4.94. The Labute approximate surface area is 160 Å². The van der Waals surface area contributed by atoms with Crippen LogP contribution in [0.2, 0.25) is 0 Å². The Morgan fingerprint density at radius 3 is 2.32 bits per heavy atom. The van der Waals surface area contributed by atoms with Crippen LogP contribution in [0.5, 0.6) is 0 Å². The number of carbonyl (C=O) groups is 2. The van der Waals surface area contributed by atoms with Crippen LogP contribution in [0.15, 0.2) is 42.5 Å². The zero-order valence-corrected chi connectivity index (χ0v) is 15.6. The molecule has 2 aromatic carbocycles. The summed E-state index contributed by atoms with van der Waals surface area (Å²) >= 11 is 0. The van der Waals surface area contributed by atoms with Crippen LogP contribution in [0.4, 0.5) is 23.7 Å². The molecule has 0 saturated heterocycles. The Morgan fingerprint density at radius 1 is 1.11 bits per heavy atom. The van der Waals surface area contributed by atoms with E-state index in [2.05, 4.69) is 5.32 Å². The van der Waals surface area contributed by atoms with E-state index in [1.807, 2.05) is 19.9 Å². The molecular weight excluding hydrogens is 373 g/mol. The molecule has 0 fully saturated rings. The van der Waals surface area contributed by atoms with Gasteiger partial charge >= 0.3 is 18.2 Å². The number of nitrogens with zero attached hydrogens (tertiary/aromatic N) is 1. The van der Waals surface area contributed by atoms with Gasteiger partial charge in [-0.05, 0) is 55.3 Å². The number of fused-ring (bicyclic) bond motifs is 1. The fraction of sp³-hybridized carbons (Fsp3) is 0.300. The largest absolute Gasteiger partial charge is 0.465 e. The predicted molar refractivity (Wildman–Crippen MR) is 96.8 cm³/mol. The highest BCUT2D eigenvalue weighted by molar-refractivity contribution is 5.94. The molecule has 1 N–H and O–H groups in total. The monoisotopic (exact) mass is 392 g/mol. The Kier molecular flexibility index (Phi) is 4.82. The second kappa shape index (κ2) is 6.85. The second-order valence-electron chi connectivity index (χ2n) is 6.97. The first kappa shape index (κ1) is 19.7. The predicted octanol–water partition coefficient (Wildman–Crippen LogP) is 4.77. The van der Waals surface area contributed by atoms with Gasteiger partial charge in [0.15, 0.2) is 0 Å². The molecule has 0 aromatic heterocycles. The first-order valence-electron chi connectivity index (χ1n) is 8.52. The summed E-state index contributed by atoms with van der Waals surface area (Å²) in [6.45, 7) is 3.86. The van der Waals surface area contributed by atoms with Crippen LogP contribution in [0.25, 0.3) is 0 Å². The zero-order chi connectivity index (χ0) is 20.7. The highest BCUT2D eigenvalue weighted by Gasteiger charge is 2.42. The van der Waals surface area contributed by atoms with Gasteiger partial charge < -0.3 is 15.0 Å². The molecule has 0 bridgehead atoms. The van der Waals surface area contributed by atoms with Gasteiger partial charge in [0.2, 0.25) is 0 Å². The minimum Gasteiger partial charge on any atom is -0.465 e. The van der Waals surface area contributed by atoms with Crippen molar-refractivity contribution in [1.82, 2.24) is 4.90 Å². The standard InChI is InChI=1S/C20H19F3N2O3/c1-19(2)16-6-4-5-14(17(26)28-3)15(16)11-25(19)18(27)24-13-9-7-12(8-10-13)20(21,22)23/h4-10H,11H2,1-3H3,(H,24,27). The Hall–Kier alpha value is -3.03. The lowest BCUT2D eigenvalue weighted by atomic mass is 9.91. The number of benzene rings is 2. The molecule has 1 heterocycles. The summed E-state index contributed by atoms with van der Waals surface area (Å²) < 4.78 is 42.8. The van der Waals surface area contributed by atoms with E-state index in [4.69, 9.17) is 4.74 Å². The molecule has 5 nitrogen and oxygen atoms in total. The van der Waals surface area contributed by atoms with Crippen LogP contribution in [0.3, 0.4) is 0 Å². The average molecular weight is 392 g/mol. The number of hydrogen-bond donors (Lipinski definition) is 1. The van der Waals surface area contributed by atoms with E-state index in [0.717, 1.165) is 17.7 Å². The number of anilines is 1. The summed E-state index contributed by atoms with van der Waals surface area (Å²) in [5.41, 5.74) is 0.646. The lowest BCUT2D eigenvalue weighted by Gasteiger charge is -2.32. The van der Waals surface area contributed by atoms with Crippen LogP contribution in [-0.4, -0.2) is 24.0 Å². The molecule has 1 aliphatic rings. The molecule has 0 aliphatic carbocycles. The summed E-state index contributed by atoms with van der Waals surface area (Å²) in [7, 11) is 1.29. The minimum absolute atomic E-state index is 0.181. The van der Waals surface area contributed by atoms with Gasteiger partial charge in [-0.1, -0.05) is 12.1 Å². The van der Waals surface area contributed by atoms with Gasteiger partial charge in [-0.2, -0.15) is 13.2 Å². The van der Waals surface area contributed by atoms with Crippen LogP contribution >= 0.6 is 0 Å². The van der Waals surface area contributed by atoms with E-state index in [-0.39, 0.29) is 12.2 Å². The van der Waals surface area contributed by atoms with E-state index in [9.17, 15) is 22.8 Å². The highest BCUT2D eigenvalue weighted by atomic mass is 19.4. The maximum Gasteiger partial charge on any atom is 0.416 e. The van der Waals surface area contributed by atoms with Crippen molar-refractivity contribution in [2.24, 2.45) is 0 Å². The highest BCUT2D eigenvalue weighted by Crippen LogP contribution is 2.40. The number of esters is 1. The molecule has 3 rings (SSSR count). The van der Waals surface area contributed by atoms with E-state index in [1.165, 1.54) is 24.1 Å². The molecule has 0 saturated carbocycles. The molecule has 2 amide bonds. The van der Waals surface area contributed by atoms with Crippen molar-refractivity contribution >= 4 is 17.7 Å². The zero-order valence-electron chi connectivity index (χ0n) is 15.6. The number of urea groups is 1. The SMILES string of the molecule is COC(=O)c1cccc2c1CN(C(=O)Nc1ccc(C(F)(F)F)cc1)C2(C)C. The van der Waals surface area contributed by atoms with Gasteiger partial charge in [-0.25, -0.2) is 9.59 Å². The number of rotatable bonds is 2. The van der Waals surface area contributed by atoms with Crippen molar-refractivity contribution in [1.29, 1.82) is 0 Å². The molecular formula is C20H19F3N2O3. The summed E-state index contributed by atoms with van der Waals surface area (Å²) in [5.74, 6) is -0.488. The molecule has 2 aromatic rings. The van der Waals surface area contributed by atoms with Crippen LogP contribution < -0.4 is 5.32 Å². The Balaban J connectivity index is 1.84. The Morgan fingerprint density at radius 2 is 1.75 bits per heavy atom. The van der Waals surface area contributed by atoms with Crippen molar-refractivity contribution in [3.8, 4) is 0 Å². The average Bonchev–Trinajstić information content (AvgIpc) is 2.92. The van der Waals surface area contributed by atoms with Gasteiger partial charge in [0.05, 0.1) is 23.8 Å². The number of hydrogen-bond acceptors (Lipinski definition) is 3. The molecule has 148 valence electrons. The van der Waals surface area contributed by atoms with Crippen molar-refractivity contribution in [2.75, 3.05) is 12.4 Å². The lowest BCUT2D eigenvalue weighted by Crippen LogP contribution is -2.42. The van der Waals surface area contributed by atoms with E-state index in [0.29, 0.717) is 11.1 Å². The lowest BCUT2D eigenvalue weighted by molar-refractivity contribution is -0.137. The van der Waals surface area contributed by atoms with Crippen LogP contribution in [0, 0.1) is 0 Å². The van der Waals surface area contributed by atoms with Crippen molar-refractivity contribution in [3.05, 3.63) is 64.7 Å². The number of carbonyl (C=O) groups excluding carboxylic acids is 2. The third kappa shape index (κ3) is 3.42. The van der Waals surface area contributed by atoms with E-state index >= 15 is 0 Å². The number of halogens is 3. The fourth-order valence-corrected chi connectivity index (χ4v) is 3.39. The fourth-order valence-electron chi connectivity index (χ4n) is 3.39. The first-order valence-corrected chi connectivity index (χ1v) is 8.52. The first-order chi connectivity index (χ1) is 13.1. The van der Waals surface area contributed by atoms with Gasteiger partial charge in [-0.3, -0.25) is 0 Å². The summed E-state index contributed by atoms with van der Waals surface area (Å²) in [5, 5.41) is 2.62. The molecule has 8 heteroatoms. The topological polar surface area (TPSA) is 58.6 Å². The third-order valence-corrected chi connectivity index (χ3v) is 4.94. The summed E-state index contributed by atoms with van der Waals surface area (Å²) in [4.78, 5) is 26.4. The maximum absolute atomic E-state index is 12.8. The number of amides is 2. The van der Waals surface area contributed by atoms with Crippen LogP contribution in [0.1, 0.15) is 40.9 Å². The molecule has 28 heavy (non-hydrogen) atoms. The summed E-state index contributed by atoms with van der Waals surface area (Å²) in [6.07, 6.45) is -4.44.